The van der Waals surface area contributed by atoms with Crippen LogP contribution in [0.1, 0.15) is 80.1 Å². The Hall–Kier alpha value is -2.47. The second kappa shape index (κ2) is 9.18. The highest BCUT2D eigenvalue weighted by Gasteiger charge is 2.36. The van der Waals surface area contributed by atoms with Gasteiger partial charge >= 0.3 is 0 Å². The summed E-state index contributed by atoms with van der Waals surface area (Å²) in [6, 6.07) is 8.84. The number of hydrogen-bond acceptors (Lipinski definition) is 5. The molecule has 2 fully saturated rings. The molecular weight excluding hydrogens is 400 g/mol. The van der Waals surface area contributed by atoms with Gasteiger partial charge in [0.05, 0.1) is 19.7 Å². The lowest BCUT2D eigenvalue weighted by Gasteiger charge is -2.36. The van der Waals surface area contributed by atoms with E-state index in [1.165, 1.54) is 38.5 Å². The second-order valence-electron chi connectivity index (χ2n) is 9.45. The zero-order valence-corrected chi connectivity index (χ0v) is 19.3. The molecule has 1 aliphatic carbocycles. The van der Waals surface area contributed by atoms with Crippen molar-refractivity contribution in [2.75, 3.05) is 18.6 Å². The monoisotopic (exact) mass is 434 g/mol. The molecule has 170 valence electrons. The van der Waals surface area contributed by atoms with Crippen LogP contribution in [0.3, 0.4) is 0 Å². The molecule has 32 heavy (non-hydrogen) atoms. The first-order valence-electron chi connectivity index (χ1n) is 12.2. The lowest BCUT2D eigenvalue weighted by Crippen LogP contribution is -2.39. The van der Waals surface area contributed by atoms with E-state index in [0.717, 1.165) is 53.6 Å². The van der Waals surface area contributed by atoms with Gasteiger partial charge < -0.3 is 4.74 Å². The molecule has 1 aromatic carbocycles. The largest absolute Gasteiger partial charge is 0.496 e. The van der Waals surface area contributed by atoms with E-state index in [0.29, 0.717) is 19.0 Å². The van der Waals surface area contributed by atoms with E-state index < -0.39 is 0 Å². The third kappa shape index (κ3) is 4.01. The first kappa shape index (κ1) is 21.4. The van der Waals surface area contributed by atoms with Crippen LogP contribution in [0.25, 0.3) is 0 Å². The van der Waals surface area contributed by atoms with Crippen molar-refractivity contribution in [2.45, 2.75) is 83.3 Å². The summed E-state index contributed by atoms with van der Waals surface area (Å²) in [5, 5.41) is 0. The van der Waals surface area contributed by atoms with E-state index in [1.54, 1.807) is 7.11 Å². The number of fused-ring (bicyclic) bond motifs is 1. The van der Waals surface area contributed by atoms with Gasteiger partial charge in [-0.15, -0.1) is 0 Å². The molecule has 1 atom stereocenters. The normalized spacial score (nSPS) is 22.2. The maximum Gasteiger partial charge on any atom is 0.228 e. The number of aryl methyl sites for hydroxylation is 1. The lowest BCUT2D eigenvalue weighted by molar-refractivity contribution is -0.119. The predicted octanol–water partition coefficient (Wildman–Crippen LogP) is 4.74. The Morgan fingerprint density at radius 2 is 1.84 bits per heavy atom. The molecule has 1 saturated heterocycles. The Bertz CT molecular complexity index is 986. The quantitative estimate of drug-likeness (QED) is 0.680. The summed E-state index contributed by atoms with van der Waals surface area (Å²) < 4.78 is 5.54. The van der Waals surface area contributed by atoms with Gasteiger partial charge in [-0.25, -0.2) is 9.97 Å². The summed E-state index contributed by atoms with van der Waals surface area (Å²) >= 11 is 0. The Labute approximate surface area is 191 Å². The van der Waals surface area contributed by atoms with E-state index in [9.17, 15) is 4.79 Å². The van der Waals surface area contributed by atoms with Crippen LogP contribution in [0.15, 0.2) is 24.3 Å². The van der Waals surface area contributed by atoms with E-state index >= 15 is 0 Å². The number of para-hydroxylation sites is 1. The number of aromatic nitrogens is 2. The van der Waals surface area contributed by atoms with Gasteiger partial charge in [-0.3, -0.25) is 14.6 Å². The van der Waals surface area contributed by atoms with E-state index in [2.05, 4.69) is 11.8 Å². The molecule has 3 aliphatic rings. The number of amides is 1. The van der Waals surface area contributed by atoms with E-state index in [4.69, 9.17) is 14.7 Å². The average Bonchev–Trinajstić information content (AvgIpc) is 3.32. The Morgan fingerprint density at radius 3 is 2.66 bits per heavy atom. The van der Waals surface area contributed by atoms with Crippen molar-refractivity contribution >= 4 is 11.7 Å². The van der Waals surface area contributed by atoms with Crippen LogP contribution in [0.5, 0.6) is 5.75 Å². The number of benzene rings is 1. The molecule has 0 bridgehead atoms. The number of carbonyl (C=O) groups excluding carboxylic acids is 1. The zero-order chi connectivity index (χ0) is 22.1. The number of anilines is 1. The number of nitrogens with zero attached hydrogens (tertiary/aromatic N) is 4. The summed E-state index contributed by atoms with van der Waals surface area (Å²) in [7, 11) is 1.68. The van der Waals surface area contributed by atoms with Gasteiger partial charge in [-0.1, -0.05) is 37.5 Å². The van der Waals surface area contributed by atoms with Crippen LogP contribution < -0.4 is 9.64 Å². The highest BCUT2D eigenvalue weighted by molar-refractivity contribution is 5.95. The second-order valence-corrected chi connectivity index (χ2v) is 9.45. The molecule has 3 heterocycles. The van der Waals surface area contributed by atoms with Crippen molar-refractivity contribution in [2.24, 2.45) is 0 Å². The Kier molecular flexibility index (Phi) is 6.13. The molecule has 1 saturated carbocycles. The summed E-state index contributed by atoms with van der Waals surface area (Å²) in [6.45, 7) is 3.70. The molecule has 2 aliphatic heterocycles. The van der Waals surface area contributed by atoms with Gasteiger partial charge in [-0.2, -0.15) is 0 Å². The Morgan fingerprint density at radius 1 is 1.03 bits per heavy atom. The SMILES string of the molecule is COc1ccccc1CN1C(=O)CCc2c(C)nc([C@H]3CCCN3C3CCCCC3)nc21. The van der Waals surface area contributed by atoms with E-state index in [1.807, 2.05) is 29.2 Å². The highest BCUT2D eigenvalue weighted by Crippen LogP contribution is 2.39. The fourth-order valence-electron chi connectivity index (χ4n) is 5.84. The number of methoxy groups -OCH3 is 1. The summed E-state index contributed by atoms with van der Waals surface area (Å²) in [5.41, 5.74) is 3.14. The molecule has 0 spiro atoms. The number of hydrogen-bond donors (Lipinski definition) is 0. The third-order valence-electron chi connectivity index (χ3n) is 7.51. The zero-order valence-electron chi connectivity index (χ0n) is 19.3. The van der Waals surface area contributed by atoms with Crippen molar-refractivity contribution in [3.05, 3.63) is 46.9 Å². The predicted molar refractivity (Wildman–Crippen MR) is 125 cm³/mol. The van der Waals surface area contributed by atoms with Gasteiger partial charge in [0.15, 0.2) is 0 Å². The minimum atomic E-state index is 0.128. The van der Waals surface area contributed by atoms with Crippen LogP contribution >= 0.6 is 0 Å². The molecule has 0 N–H and O–H groups in total. The topological polar surface area (TPSA) is 58.6 Å². The molecule has 5 rings (SSSR count). The van der Waals surface area contributed by atoms with Gasteiger partial charge in [0.25, 0.3) is 0 Å². The molecule has 2 aromatic rings. The maximum atomic E-state index is 13.0. The van der Waals surface area contributed by atoms with E-state index in [-0.39, 0.29) is 11.9 Å². The maximum absolute atomic E-state index is 13.0. The molecular formula is C26H34N4O2. The molecule has 1 amide bonds. The number of ether oxygens (including phenoxy) is 1. The molecule has 0 unspecified atom stereocenters. The van der Waals surface area contributed by atoms with Gasteiger partial charge in [-0.05, 0) is 51.6 Å². The molecule has 6 heteroatoms. The minimum absolute atomic E-state index is 0.128. The van der Waals surface area contributed by atoms with Crippen molar-refractivity contribution in [1.29, 1.82) is 0 Å². The summed E-state index contributed by atoms with van der Waals surface area (Å²) in [4.78, 5) is 27.6. The van der Waals surface area contributed by atoms with Crippen LogP contribution in [-0.4, -0.2) is 40.5 Å². The highest BCUT2D eigenvalue weighted by atomic mass is 16.5. The number of carbonyl (C=O) groups is 1. The van der Waals surface area contributed by atoms with Crippen LogP contribution in [0, 0.1) is 6.92 Å². The number of rotatable bonds is 5. The first-order chi connectivity index (χ1) is 15.7. The number of likely N-dealkylation sites (tertiary alicyclic amines) is 1. The molecule has 6 nitrogen and oxygen atoms in total. The lowest BCUT2D eigenvalue weighted by atomic mass is 9.93. The third-order valence-corrected chi connectivity index (χ3v) is 7.51. The van der Waals surface area contributed by atoms with Crippen molar-refractivity contribution in [3.63, 3.8) is 0 Å². The van der Waals surface area contributed by atoms with Crippen molar-refractivity contribution in [3.8, 4) is 5.75 Å². The summed E-state index contributed by atoms with van der Waals surface area (Å²) in [5.74, 6) is 2.65. The van der Waals surface area contributed by atoms with Gasteiger partial charge in [0.2, 0.25) is 5.91 Å². The fraction of sp³-hybridized carbons (Fsp3) is 0.577. The van der Waals surface area contributed by atoms with Gasteiger partial charge in [0.1, 0.15) is 17.4 Å². The Balaban J connectivity index is 1.49. The smallest absolute Gasteiger partial charge is 0.228 e. The summed E-state index contributed by atoms with van der Waals surface area (Å²) in [6.07, 6.45) is 10.1. The average molecular weight is 435 g/mol. The van der Waals surface area contributed by atoms with Crippen LogP contribution in [-0.2, 0) is 17.8 Å². The van der Waals surface area contributed by atoms with Crippen LogP contribution in [0.4, 0.5) is 5.82 Å². The molecule has 1 aromatic heterocycles. The fourth-order valence-corrected chi connectivity index (χ4v) is 5.84. The van der Waals surface area contributed by atoms with Crippen molar-refractivity contribution < 1.29 is 9.53 Å². The van der Waals surface area contributed by atoms with Crippen molar-refractivity contribution in [1.82, 2.24) is 14.9 Å². The first-order valence-corrected chi connectivity index (χ1v) is 12.2. The van der Waals surface area contributed by atoms with Gasteiger partial charge in [0, 0.05) is 29.3 Å². The molecule has 0 radical (unpaired) electrons. The van der Waals surface area contributed by atoms with Crippen LogP contribution in [0.2, 0.25) is 0 Å². The minimum Gasteiger partial charge on any atom is -0.496 e. The standard InChI is InChI=1S/C26H34N4O2/c1-18-21-14-15-24(31)30(17-19-9-6-7-13-23(19)32-2)26(21)28-25(27-18)22-12-8-16-29(22)20-10-4-3-5-11-20/h6-7,9,13,20,22H,3-5,8,10-12,14-17H2,1-2H3/t22-/m1/s1.